The van der Waals surface area contributed by atoms with Crippen molar-refractivity contribution < 1.29 is 0 Å². The molecule has 1 unspecified atom stereocenters. The maximum absolute atomic E-state index is 9.26. The monoisotopic (exact) mass is 251 g/mol. The van der Waals surface area contributed by atoms with Gasteiger partial charge >= 0.3 is 0 Å². The second-order valence-corrected chi connectivity index (χ2v) is 4.40. The van der Waals surface area contributed by atoms with Crippen molar-refractivity contribution in [2.24, 2.45) is 0 Å². The van der Waals surface area contributed by atoms with E-state index < -0.39 is 0 Å². The molecule has 1 atom stereocenters. The van der Waals surface area contributed by atoms with E-state index in [9.17, 15) is 5.26 Å². The van der Waals surface area contributed by atoms with Crippen molar-refractivity contribution in [2.45, 2.75) is 25.9 Å². The summed E-state index contributed by atoms with van der Waals surface area (Å²) in [6.07, 6.45) is 4.57. The fourth-order valence-corrected chi connectivity index (χ4v) is 1.91. The van der Waals surface area contributed by atoms with Gasteiger partial charge in [-0.3, -0.25) is 10.3 Å². The lowest BCUT2D eigenvalue weighted by molar-refractivity contribution is 0.629. The van der Waals surface area contributed by atoms with Crippen molar-refractivity contribution in [1.29, 1.82) is 5.26 Å². The van der Waals surface area contributed by atoms with Crippen LogP contribution in [-0.2, 0) is 13.0 Å². The maximum Gasteiger partial charge on any atom is 0.121 e. The van der Waals surface area contributed by atoms with Gasteiger partial charge in [0.05, 0.1) is 6.07 Å². The Morgan fingerprint density at radius 1 is 1.21 bits per heavy atom. The van der Waals surface area contributed by atoms with E-state index in [0.717, 1.165) is 17.5 Å². The first-order valence-electron chi connectivity index (χ1n) is 6.44. The van der Waals surface area contributed by atoms with Crippen molar-refractivity contribution in [3.8, 4) is 6.07 Å². The largest absolute Gasteiger partial charge is 0.294 e. The summed E-state index contributed by atoms with van der Waals surface area (Å²) in [6, 6.07) is 14.1. The quantitative estimate of drug-likeness (QED) is 0.888. The maximum atomic E-state index is 9.26. The van der Waals surface area contributed by atoms with Gasteiger partial charge < -0.3 is 0 Å². The molecular formula is C16H17N3. The van der Waals surface area contributed by atoms with E-state index in [1.165, 1.54) is 5.56 Å². The lowest BCUT2D eigenvalue weighted by atomic mass is 10.0. The molecule has 96 valence electrons. The van der Waals surface area contributed by atoms with Crippen LogP contribution < -0.4 is 5.32 Å². The van der Waals surface area contributed by atoms with Crippen LogP contribution in [0.3, 0.4) is 0 Å². The molecule has 0 bridgehead atoms. The minimum atomic E-state index is -0.286. The Morgan fingerprint density at radius 3 is 2.58 bits per heavy atom. The fraction of sp³-hybridized carbons (Fsp3) is 0.250. The van der Waals surface area contributed by atoms with Gasteiger partial charge in [0.25, 0.3) is 0 Å². The number of nitriles is 1. The summed E-state index contributed by atoms with van der Waals surface area (Å²) in [7, 11) is 0. The molecule has 1 aromatic heterocycles. The van der Waals surface area contributed by atoms with Gasteiger partial charge in [-0.15, -0.1) is 0 Å². The number of nitrogens with zero attached hydrogens (tertiary/aromatic N) is 2. The predicted octanol–water partition coefficient (Wildman–Crippen LogP) is 3.00. The lowest BCUT2D eigenvalue weighted by Gasteiger charge is -2.12. The van der Waals surface area contributed by atoms with Crippen LogP contribution in [0.5, 0.6) is 0 Å². The number of rotatable bonds is 5. The predicted molar refractivity (Wildman–Crippen MR) is 75.3 cm³/mol. The Morgan fingerprint density at radius 2 is 2.00 bits per heavy atom. The molecule has 3 heteroatoms. The summed E-state index contributed by atoms with van der Waals surface area (Å²) in [4.78, 5) is 4.06. The minimum Gasteiger partial charge on any atom is -0.294 e. The second-order valence-electron chi connectivity index (χ2n) is 4.40. The van der Waals surface area contributed by atoms with Gasteiger partial charge in [0.1, 0.15) is 6.04 Å². The molecule has 3 nitrogen and oxygen atoms in total. The van der Waals surface area contributed by atoms with Gasteiger partial charge in [-0.25, -0.2) is 0 Å². The van der Waals surface area contributed by atoms with Gasteiger partial charge in [0.15, 0.2) is 0 Å². The molecule has 0 saturated carbocycles. The van der Waals surface area contributed by atoms with E-state index in [1.54, 1.807) is 6.20 Å². The van der Waals surface area contributed by atoms with Crippen LogP contribution in [0, 0.1) is 11.3 Å². The Balaban J connectivity index is 2.02. The minimum absolute atomic E-state index is 0.286. The molecule has 0 radical (unpaired) electrons. The number of hydrogen-bond acceptors (Lipinski definition) is 3. The summed E-state index contributed by atoms with van der Waals surface area (Å²) in [6.45, 7) is 2.76. The number of nitrogens with one attached hydrogen (secondary N) is 1. The topological polar surface area (TPSA) is 48.7 Å². The van der Waals surface area contributed by atoms with Gasteiger partial charge in [-0.05, 0) is 29.2 Å². The van der Waals surface area contributed by atoms with Gasteiger partial charge in [-0.1, -0.05) is 37.3 Å². The SMILES string of the molecule is CCc1ccc(C(C#N)NCc2cccnc2)cc1. The molecule has 0 fully saturated rings. The molecule has 0 spiro atoms. The van der Waals surface area contributed by atoms with E-state index in [2.05, 4.69) is 35.4 Å². The highest BCUT2D eigenvalue weighted by Crippen LogP contribution is 2.14. The Hall–Kier alpha value is -2.18. The van der Waals surface area contributed by atoms with Crippen molar-refractivity contribution >= 4 is 0 Å². The Kier molecular flexibility index (Phi) is 4.66. The summed E-state index contributed by atoms with van der Waals surface area (Å²) >= 11 is 0. The van der Waals surface area contributed by atoms with Crippen LogP contribution in [0.2, 0.25) is 0 Å². The first-order valence-corrected chi connectivity index (χ1v) is 6.44. The smallest absolute Gasteiger partial charge is 0.121 e. The van der Waals surface area contributed by atoms with Crippen LogP contribution in [0.15, 0.2) is 48.8 Å². The highest BCUT2D eigenvalue weighted by Gasteiger charge is 2.09. The zero-order chi connectivity index (χ0) is 13.5. The van der Waals surface area contributed by atoms with E-state index in [0.29, 0.717) is 6.54 Å². The average Bonchev–Trinajstić information content (AvgIpc) is 2.49. The number of aromatic nitrogens is 1. The summed E-state index contributed by atoms with van der Waals surface area (Å²) in [5.41, 5.74) is 3.37. The van der Waals surface area contributed by atoms with Crippen LogP contribution in [0.4, 0.5) is 0 Å². The molecule has 0 aliphatic heterocycles. The van der Waals surface area contributed by atoms with Crippen LogP contribution >= 0.6 is 0 Å². The third-order valence-corrected chi connectivity index (χ3v) is 3.08. The zero-order valence-corrected chi connectivity index (χ0v) is 11.0. The van der Waals surface area contributed by atoms with Crippen LogP contribution in [0.25, 0.3) is 0 Å². The van der Waals surface area contributed by atoms with E-state index >= 15 is 0 Å². The standard InChI is InChI=1S/C16H17N3/c1-2-13-5-7-15(8-6-13)16(10-17)19-12-14-4-3-9-18-11-14/h3-9,11,16,19H,2,12H2,1H3. The Labute approximate surface area is 113 Å². The van der Waals surface area contributed by atoms with Crippen molar-refractivity contribution in [3.05, 3.63) is 65.5 Å². The molecule has 2 rings (SSSR count). The van der Waals surface area contributed by atoms with Gasteiger partial charge in [0, 0.05) is 18.9 Å². The first kappa shape index (κ1) is 13.3. The molecule has 19 heavy (non-hydrogen) atoms. The second kappa shape index (κ2) is 6.67. The number of benzene rings is 1. The highest BCUT2D eigenvalue weighted by atomic mass is 14.9. The molecule has 1 aromatic carbocycles. The molecule has 0 aliphatic carbocycles. The summed E-state index contributed by atoms with van der Waals surface area (Å²) in [5.74, 6) is 0. The fourth-order valence-electron chi connectivity index (χ4n) is 1.91. The van der Waals surface area contributed by atoms with Crippen LogP contribution in [-0.4, -0.2) is 4.98 Å². The molecule has 1 N–H and O–H groups in total. The van der Waals surface area contributed by atoms with Crippen molar-refractivity contribution in [1.82, 2.24) is 10.3 Å². The third kappa shape index (κ3) is 3.64. The van der Waals surface area contributed by atoms with Crippen molar-refractivity contribution in [2.75, 3.05) is 0 Å². The highest BCUT2D eigenvalue weighted by molar-refractivity contribution is 5.28. The molecule has 1 heterocycles. The number of pyridine rings is 1. The molecular weight excluding hydrogens is 234 g/mol. The van der Waals surface area contributed by atoms with Gasteiger partial charge in [0.2, 0.25) is 0 Å². The van der Waals surface area contributed by atoms with E-state index in [-0.39, 0.29) is 6.04 Å². The molecule has 2 aromatic rings. The normalized spacial score (nSPS) is 11.8. The van der Waals surface area contributed by atoms with Gasteiger partial charge in [-0.2, -0.15) is 5.26 Å². The Bertz CT molecular complexity index is 540. The summed E-state index contributed by atoms with van der Waals surface area (Å²) in [5, 5.41) is 12.5. The lowest BCUT2D eigenvalue weighted by Crippen LogP contribution is -2.19. The number of hydrogen-bond donors (Lipinski definition) is 1. The molecule has 0 aliphatic rings. The average molecular weight is 251 g/mol. The van der Waals surface area contributed by atoms with E-state index in [1.807, 2.05) is 30.5 Å². The zero-order valence-electron chi connectivity index (χ0n) is 11.0. The molecule has 0 saturated heterocycles. The third-order valence-electron chi connectivity index (χ3n) is 3.08. The first-order chi connectivity index (χ1) is 9.33. The van der Waals surface area contributed by atoms with E-state index in [4.69, 9.17) is 0 Å². The van der Waals surface area contributed by atoms with Crippen LogP contribution in [0.1, 0.15) is 29.7 Å². The number of aryl methyl sites for hydroxylation is 1. The summed E-state index contributed by atoms with van der Waals surface area (Å²) < 4.78 is 0. The molecule has 0 amide bonds. The van der Waals surface area contributed by atoms with Crippen molar-refractivity contribution in [3.63, 3.8) is 0 Å².